The van der Waals surface area contributed by atoms with Crippen LogP contribution >= 0.6 is 0 Å². The highest BCUT2D eigenvalue weighted by Crippen LogP contribution is 2.19. The average molecular weight is 541 g/mol. The van der Waals surface area contributed by atoms with Gasteiger partial charge in [0.05, 0.1) is 30.8 Å². The first-order chi connectivity index (χ1) is 18.6. The maximum absolute atomic E-state index is 12.7. The first kappa shape index (κ1) is 34.3. The number of esters is 1. The van der Waals surface area contributed by atoms with E-state index in [2.05, 4.69) is 13.2 Å². The van der Waals surface area contributed by atoms with E-state index >= 15 is 0 Å². The second-order valence-electron chi connectivity index (χ2n) is 10.2. The Morgan fingerprint density at radius 1 is 1.00 bits per heavy atom. The predicted octanol–water partition coefficient (Wildman–Crippen LogP) is 5.58. The summed E-state index contributed by atoms with van der Waals surface area (Å²) in [5.74, 6) is -0.736. The summed E-state index contributed by atoms with van der Waals surface area (Å²) in [6.07, 6.45) is 21.2. The molecule has 6 nitrogen and oxygen atoms in total. The van der Waals surface area contributed by atoms with Gasteiger partial charge in [0.25, 0.3) is 0 Å². The van der Waals surface area contributed by atoms with E-state index in [1.807, 2.05) is 62.5 Å². The average Bonchev–Trinajstić information content (AvgIpc) is 2.86. The molecule has 0 fully saturated rings. The van der Waals surface area contributed by atoms with Crippen LogP contribution in [0.1, 0.15) is 65.2 Å². The minimum atomic E-state index is -1.06. The lowest BCUT2D eigenvalue weighted by Gasteiger charge is -2.22. The Morgan fingerprint density at radius 3 is 2.51 bits per heavy atom. The van der Waals surface area contributed by atoms with Crippen molar-refractivity contribution in [2.45, 2.75) is 95.7 Å². The normalized spacial score (nSPS) is 29.7. The predicted molar refractivity (Wildman–Crippen MR) is 159 cm³/mol. The van der Waals surface area contributed by atoms with Crippen LogP contribution in [-0.4, -0.2) is 56.9 Å². The Kier molecular flexibility index (Phi) is 17.7. The van der Waals surface area contributed by atoms with E-state index in [9.17, 15) is 25.2 Å². The molecule has 0 aromatic carbocycles. The molecule has 0 bridgehead atoms. The monoisotopic (exact) mass is 540 g/mol. The third-order valence-corrected chi connectivity index (χ3v) is 6.31. The zero-order valence-corrected chi connectivity index (χ0v) is 23.6. The highest BCUT2D eigenvalue weighted by molar-refractivity contribution is 5.70. The van der Waals surface area contributed by atoms with Crippen LogP contribution in [0.25, 0.3) is 0 Å². The zero-order valence-electron chi connectivity index (χ0n) is 23.6. The number of hydrogen-bond donors (Lipinski definition) is 4. The van der Waals surface area contributed by atoms with E-state index in [-0.39, 0.29) is 18.8 Å². The van der Waals surface area contributed by atoms with E-state index in [0.29, 0.717) is 38.5 Å². The van der Waals surface area contributed by atoms with Crippen molar-refractivity contribution >= 4 is 5.97 Å². The van der Waals surface area contributed by atoms with Gasteiger partial charge in [0.2, 0.25) is 0 Å². The number of aliphatic hydroxyl groups is 4. The molecule has 216 valence electrons. The summed E-state index contributed by atoms with van der Waals surface area (Å²) in [6.45, 7) is 11.5. The van der Waals surface area contributed by atoms with Gasteiger partial charge in [-0.2, -0.15) is 0 Å². The van der Waals surface area contributed by atoms with Crippen molar-refractivity contribution in [3.8, 4) is 0 Å². The van der Waals surface area contributed by atoms with Crippen LogP contribution in [-0.2, 0) is 9.53 Å². The molecular formula is C33H48O6. The molecule has 0 amide bonds. The molecule has 0 aliphatic carbocycles. The lowest BCUT2D eigenvalue weighted by Crippen LogP contribution is -2.27. The van der Waals surface area contributed by atoms with E-state index in [4.69, 9.17) is 4.74 Å². The molecule has 0 aromatic heterocycles. The number of allylic oxidation sites excluding steroid dienone is 8. The molecule has 1 aliphatic heterocycles. The number of aliphatic hydroxyl groups excluding tert-OH is 4. The van der Waals surface area contributed by atoms with Crippen molar-refractivity contribution in [2.24, 2.45) is 5.92 Å². The van der Waals surface area contributed by atoms with Crippen LogP contribution in [0, 0.1) is 5.92 Å². The van der Waals surface area contributed by atoms with E-state index in [0.717, 1.165) is 11.1 Å². The molecule has 0 saturated carbocycles. The van der Waals surface area contributed by atoms with E-state index in [1.54, 1.807) is 24.3 Å². The summed E-state index contributed by atoms with van der Waals surface area (Å²) in [4.78, 5) is 12.7. The van der Waals surface area contributed by atoms with Crippen LogP contribution in [0.15, 0.2) is 97.2 Å². The third-order valence-electron chi connectivity index (χ3n) is 6.31. The molecule has 6 heteroatoms. The van der Waals surface area contributed by atoms with Gasteiger partial charge < -0.3 is 25.2 Å². The first-order valence-corrected chi connectivity index (χ1v) is 13.8. The second kappa shape index (κ2) is 20.2. The van der Waals surface area contributed by atoms with Crippen LogP contribution in [0.4, 0.5) is 0 Å². The van der Waals surface area contributed by atoms with Gasteiger partial charge in [-0.25, -0.2) is 0 Å². The number of carbonyl (C=O) groups excluding carboxylic acids is 1. The van der Waals surface area contributed by atoms with Gasteiger partial charge in [-0.15, -0.1) is 0 Å². The molecule has 0 radical (unpaired) electrons. The molecule has 1 heterocycles. The number of cyclic esters (lactones) is 1. The summed E-state index contributed by atoms with van der Waals surface area (Å²) in [7, 11) is 0. The van der Waals surface area contributed by atoms with Gasteiger partial charge in [0, 0.05) is 18.8 Å². The molecule has 0 spiro atoms. The van der Waals surface area contributed by atoms with Crippen molar-refractivity contribution in [3.05, 3.63) is 97.2 Å². The number of rotatable bonds is 5. The minimum absolute atomic E-state index is 0.00137. The molecule has 1 rings (SSSR count). The van der Waals surface area contributed by atoms with Crippen LogP contribution < -0.4 is 0 Å². The fourth-order valence-corrected chi connectivity index (χ4v) is 4.00. The quantitative estimate of drug-likeness (QED) is 0.206. The van der Waals surface area contributed by atoms with E-state index in [1.165, 1.54) is 0 Å². The Labute approximate surface area is 234 Å². The smallest absolute Gasteiger partial charge is 0.308 e. The molecule has 0 saturated heterocycles. The van der Waals surface area contributed by atoms with Gasteiger partial charge >= 0.3 is 5.97 Å². The fraction of sp³-hybridized carbons (Fsp3) is 0.485. The Balaban J connectivity index is 3.02. The maximum Gasteiger partial charge on any atom is 0.308 e. The molecule has 39 heavy (non-hydrogen) atoms. The van der Waals surface area contributed by atoms with Gasteiger partial charge in [-0.3, -0.25) is 4.79 Å². The molecular weight excluding hydrogens is 492 g/mol. The largest absolute Gasteiger partial charge is 0.461 e. The van der Waals surface area contributed by atoms with Crippen molar-refractivity contribution in [3.63, 3.8) is 0 Å². The lowest BCUT2D eigenvalue weighted by molar-refractivity contribution is -0.153. The molecule has 4 N–H and O–H groups in total. The fourth-order valence-electron chi connectivity index (χ4n) is 4.00. The Morgan fingerprint density at radius 2 is 1.77 bits per heavy atom. The van der Waals surface area contributed by atoms with Crippen LogP contribution in [0.5, 0.6) is 0 Å². The summed E-state index contributed by atoms with van der Waals surface area (Å²) < 4.78 is 5.76. The summed E-state index contributed by atoms with van der Waals surface area (Å²) in [5, 5.41) is 41.2. The first-order valence-electron chi connectivity index (χ1n) is 13.8. The second-order valence-corrected chi connectivity index (χ2v) is 10.2. The van der Waals surface area contributed by atoms with Crippen molar-refractivity contribution in [2.75, 3.05) is 0 Å². The highest BCUT2D eigenvalue weighted by atomic mass is 16.5. The molecule has 0 aromatic rings. The highest BCUT2D eigenvalue weighted by Gasteiger charge is 2.22. The van der Waals surface area contributed by atoms with Gasteiger partial charge in [0.1, 0.15) is 6.10 Å². The van der Waals surface area contributed by atoms with Crippen LogP contribution in [0.2, 0.25) is 0 Å². The third kappa shape index (κ3) is 17.4. The van der Waals surface area contributed by atoms with Gasteiger partial charge in [0.15, 0.2) is 0 Å². The standard InChI is InChI=1S/C33H48O6/c1-5-6-7-9-13-25(2)18-21-32-27(4)19-20-28(34)15-10-8-11-16-29(35)22-26(3)14-12-17-30(36)23-31(37)24-33(38)39-32/h5-10,12-13,17-20,27-32,34-37H,1,3,11,14-16,21-24H2,2,4H3. The minimum Gasteiger partial charge on any atom is -0.461 e. The van der Waals surface area contributed by atoms with E-state index < -0.39 is 36.5 Å². The van der Waals surface area contributed by atoms with Crippen molar-refractivity contribution in [1.82, 2.24) is 0 Å². The number of ether oxygens (including phenoxy) is 1. The molecule has 6 unspecified atom stereocenters. The van der Waals surface area contributed by atoms with Crippen molar-refractivity contribution < 1.29 is 30.0 Å². The van der Waals surface area contributed by atoms with Gasteiger partial charge in [-0.05, 0) is 39.0 Å². The topological polar surface area (TPSA) is 107 Å². The number of carbonyl (C=O) groups is 1. The summed E-state index contributed by atoms with van der Waals surface area (Å²) in [6, 6.07) is 0. The Bertz CT molecular complexity index is 922. The number of hydrogen-bond acceptors (Lipinski definition) is 6. The van der Waals surface area contributed by atoms with Crippen LogP contribution in [0.3, 0.4) is 0 Å². The van der Waals surface area contributed by atoms with Gasteiger partial charge in [-0.1, -0.05) is 104 Å². The Hall–Kier alpha value is -2.77. The summed E-state index contributed by atoms with van der Waals surface area (Å²) >= 11 is 0. The lowest BCUT2D eigenvalue weighted by atomic mass is 9.98. The zero-order chi connectivity index (χ0) is 29.0. The van der Waals surface area contributed by atoms with Crippen molar-refractivity contribution in [1.29, 1.82) is 0 Å². The molecule has 1 aliphatic rings. The maximum atomic E-state index is 12.7. The summed E-state index contributed by atoms with van der Waals surface area (Å²) in [5.41, 5.74) is 1.84. The molecule has 6 atom stereocenters. The SMILES string of the molecule is C=CC=CC=CC(C)=CCC1OC(=O)CC(O)CC(O)C=CCC(=C)CC(O)CCC=CCC(O)C=CC1C.